The number of piperidine rings is 1. The maximum atomic E-state index is 8.76. The largest absolute Gasteiger partial charge is 0.478 e. The average molecular weight is 340 g/mol. The Morgan fingerprint density at radius 1 is 1.32 bits per heavy atom. The van der Waals surface area contributed by atoms with Crippen LogP contribution in [-0.2, 0) is 0 Å². The van der Waals surface area contributed by atoms with Crippen LogP contribution in [0.1, 0.15) is 18.5 Å². The van der Waals surface area contributed by atoms with Crippen LogP contribution < -0.4 is 20.7 Å². The number of nitriles is 1. The summed E-state index contributed by atoms with van der Waals surface area (Å²) >= 11 is 0. The number of hydrogen-bond donors (Lipinski definition) is 3. The minimum absolute atomic E-state index is 0.259. The lowest BCUT2D eigenvalue weighted by molar-refractivity contribution is 0.385. The molecule has 0 bridgehead atoms. The molecule has 1 unspecified atom stereocenters. The third kappa shape index (κ3) is 4.51. The summed E-state index contributed by atoms with van der Waals surface area (Å²) in [5.74, 6) is 2.03. The van der Waals surface area contributed by atoms with E-state index in [1.165, 1.54) is 25.2 Å². The molecule has 3 heterocycles. The highest BCUT2D eigenvalue weighted by atomic mass is 16.5. The molecule has 0 spiro atoms. The number of ether oxygens (including phenoxy) is 1. The van der Waals surface area contributed by atoms with Crippen LogP contribution in [0.4, 0.5) is 17.3 Å². The summed E-state index contributed by atoms with van der Waals surface area (Å²) in [5.41, 5.74) is 1.03. The van der Waals surface area contributed by atoms with Gasteiger partial charge in [0, 0.05) is 12.6 Å². The molecule has 0 radical (unpaired) electrons. The molecule has 130 valence electrons. The lowest BCUT2D eigenvalue weighted by atomic mass is 10.00. The van der Waals surface area contributed by atoms with Crippen molar-refractivity contribution in [1.29, 1.82) is 5.26 Å². The predicted molar refractivity (Wildman–Crippen MR) is 92.7 cm³/mol. The van der Waals surface area contributed by atoms with Gasteiger partial charge in [-0.25, -0.2) is 9.97 Å². The Hall–Kier alpha value is -2.99. The van der Waals surface area contributed by atoms with Crippen molar-refractivity contribution in [1.82, 2.24) is 25.5 Å². The normalized spacial score (nSPS) is 16.7. The summed E-state index contributed by atoms with van der Waals surface area (Å²) in [5, 5.41) is 26.7. The Kier molecular flexibility index (Phi) is 5.53. The van der Waals surface area contributed by atoms with Gasteiger partial charge in [-0.2, -0.15) is 5.26 Å². The van der Waals surface area contributed by atoms with Gasteiger partial charge in [0.2, 0.25) is 0 Å². The van der Waals surface area contributed by atoms with Crippen molar-refractivity contribution >= 4 is 17.3 Å². The molecule has 1 saturated heterocycles. The lowest BCUT2D eigenvalue weighted by Gasteiger charge is -2.23. The van der Waals surface area contributed by atoms with Gasteiger partial charge in [0.25, 0.3) is 5.88 Å². The highest BCUT2D eigenvalue weighted by Gasteiger charge is 2.15. The number of rotatable bonds is 6. The molecule has 2 aromatic rings. The van der Waals surface area contributed by atoms with Crippen LogP contribution in [0, 0.1) is 17.2 Å². The first-order valence-electron chi connectivity index (χ1n) is 8.14. The summed E-state index contributed by atoms with van der Waals surface area (Å²) in [6.07, 6.45) is 5.27. The number of nitrogens with zero attached hydrogens (tertiary/aromatic N) is 5. The predicted octanol–water partition coefficient (Wildman–Crippen LogP) is 1.30. The van der Waals surface area contributed by atoms with Gasteiger partial charge in [0.15, 0.2) is 11.5 Å². The number of methoxy groups -OCH3 is 1. The van der Waals surface area contributed by atoms with E-state index in [4.69, 9.17) is 10.00 Å². The third-order valence-electron chi connectivity index (χ3n) is 3.96. The van der Waals surface area contributed by atoms with Crippen molar-refractivity contribution in [2.75, 3.05) is 37.4 Å². The maximum absolute atomic E-state index is 8.76. The van der Waals surface area contributed by atoms with Gasteiger partial charge in [-0.05, 0) is 31.8 Å². The Bertz CT molecular complexity index is 737. The number of anilines is 3. The van der Waals surface area contributed by atoms with Gasteiger partial charge in [-0.3, -0.25) is 0 Å². The zero-order valence-corrected chi connectivity index (χ0v) is 14.0. The quantitative estimate of drug-likeness (QED) is 0.714. The lowest BCUT2D eigenvalue weighted by Crippen LogP contribution is -2.33. The third-order valence-corrected chi connectivity index (χ3v) is 3.96. The van der Waals surface area contributed by atoms with Crippen molar-refractivity contribution in [3.05, 3.63) is 24.2 Å². The van der Waals surface area contributed by atoms with Gasteiger partial charge in [-0.15, -0.1) is 10.2 Å². The minimum Gasteiger partial charge on any atom is -0.478 e. The Morgan fingerprint density at radius 2 is 2.24 bits per heavy atom. The van der Waals surface area contributed by atoms with Gasteiger partial charge in [-0.1, -0.05) is 0 Å². The van der Waals surface area contributed by atoms with E-state index in [-0.39, 0.29) is 5.69 Å². The summed E-state index contributed by atoms with van der Waals surface area (Å²) < 4.78 is 5.28. The molecule has 9 heteroatoms. The molecule has 25 heavy (non-hydrogen) atoms. The number of hydrogen-bond acceptors (Lipinski definition) is 9. The highest BCUT2D eigenvalue weighted by Crippen LogP contribution is 2.25. The molecule has 1 aliphatic heterocycles. The van der Waals surface area contributed by atoms with Crippen LogP contribution in [-0.4, -0.2) is 46.9 Å². The van der Waals surface area contributed by atoms with E-state index >= 15 is 0 Å². The monoisotopic (exact) mass is 340 g/mol. The molecule has 0 saturated carbocycles. The highest BCUT2D eigenvalue weighted by molar-refractivity contribution is 5.61. The van der Waals surface area contributed by atoms with Gasteiger partial charge in [0.1, 0.15) is 17.6 Å². The van der Waals surface area contributed by atoms with Crippen LogP contribution in [0.25, 0.3) is 0 Å². The average Bonchev–Trinajstić information content (AvgIpc) is 2.68. The first-order chi connectivity index (χ1) is 12.3. The number of nitrogens with one attached hydrogen (secondary N) is 3. The summed E-state index contributed by atoms with van der Waals surface area (Å²) in [7, 11) is 1.57. The van der Waals surface area contributed by atoms with E-state index in [1.807, 2.05) is 12.1 Å². The van der Waals surface area contributed by atoms with Gasteiger partial charge in [0.05, 0.1) is 19.5 Å². The second kappa shape index (κ2) is 8.21. The standard InChI is InChI=1S/C16H20N8O/c1-25-16-13(20-8-11-3-2-4-18-7-11)5-14(23-24-16)22-15-10-19-12(6-17)9-21-15/h5,9-11,18H,2-4,7-8H2,1H3,(H2,20,21,22,23). The molecule has 1 fully saturated rings. The molecule has 2 aromatic heterocycles. The van der Waals surface area contributed by atoms with E-state index in [0.29, 0.717) is 23.4 Å². The van der Waals surface area contributed by atoms with Crippen molar-refractivity contribution in [2.45, 2.75) is 12.8 Å². The van der Waals surface area contributed by atoms with E-state index < -0.39 is 0 Å². The van der Waals surface area contributed by atoms with Gasteiger partial charge >= 0.3 is 0 Å². The second-order valence-electron chi connectivity index (χ2n) is 5.77. The fraction of sp³-hybridized carbons (Fsp3) is 0.438. The topological polar surface area (TPSA) is 121 Å². The molecular formula is C16H20N8O. The zero-order valence-electron chi connectivity index (χ0n) is 14.0. The second-order valence-corrected chi connectivity index (χ2v) is 5.77. The Balaban J connectivity index is 1.68. The molecule has 0 amide bonds. The van der Waals surface area contributed by atoms with E-state index in [9.17, 15) is 0 Å². The summed E-state index contributed by atoms with van der Waals surface area (Å²) in [6.45, 7) is 2.95. The first-order valence-corrected chi connectivity index (χ1v) is 8.14. The zero-order chi connectivity index (χ0) is 17.5. The van der Waals surface area contributed by atoms with Crippen molar-refractivity contribution < 1.29 is 4.74 Å². The Labute approximate surface area is 145 Å². The minimum atomic E-state index is 0.259. The first kappa shape index (κ1) is 16.9. The molecule has 1 aliphatic rings. The smallest absolute Gasteiger partial charge is 0.256 e. The molecule has 1 atom stereocenters. The van der Waals surface area contributed by atoms with E-state index in [0.717, 1.165) is 25.3 Å². The van der Waals surface area contributed by atoms with Crippen LogP contribution in [0.5, 0.6) is 5.88 Å². The summed E-state index contributed by atoms with van der Waals surface area (Å²) in [4.78, 5) is 8.08. The number of aromatic nitrogens is 4. The molecule has 9 nitrogen and oxygen atoms in total. The van der Waals surface area contributed by atoms with Crippen LogP contribution in [0.2, 0.25) is 0 Å². The molecule has 0 aromatic carbocycles. The van der Waals surface area contributed by atoms with Crippen molar-refractivity contribution in [3.63, 3.8) is 0 Å². The Morgan fingerprint density at radius 3 is 2.92 bits per heavy atom. The van der Waals surface area contributed by atoms with Crippen LogP contribution in [0.15, 0.2) is 18.5 Å². The fourth-order valence-corrected chi connectivity index (χ4v) is 2.65. The molecule has 3 rings (SSSR count). The molecular weight excluding hydrogens is 320 g/mol. The van der Waals surface area contributed by atoms with Crippen molar-refractivity contribution in [3.8, 4) is 11.9 Å². The van der Waals surface area contributed by atoms with Crippen molar-refractivity contribution in [2.24, 2.45) is 5.92 Å². The molecule has 3 N–H and O–H groups in total. The van der Waals surface area contributed by atoms with Crippen LogP contribution >= 0.6 is 0 Å². The summed E-state index contributed by atoms with van der Waals surface area (Å²) in [6, 6.07) is 3.75. The maximum Gasteiger partial charge on any atom is 0.256 e. The SMILES string of the molecule is COc1nnc(Nc2cnc(C#N)cn2)cc1NCC1CCCNC1. The molecule has 0 aliphatic carbocycles. The van der Waals surface area contributed by atoms with Gasteiger partial charge < -0.3 is 20.7 Å². The fourth-order valence-electron chi connectivity index (χ4n) is 2.65. The van der Waals surface area contributed by atoms with Crippen LogP contribution in [0.3, 0.4) is 0 Å². The van der Waals surface area contributed by atoms with E-state index in [2.05, 4.69) is 36.1 Å². The van der Waals surface area contributed by atoms with E-state index in [1.54, 1.807) is 7.11 Å².